The molecule has 1 saturated heterocycles. The summed E-state index contributed by atoms with van der Waals surface area (Å²) >= 11 is 0. The molecule has 2 rings (SSSR count). The van der Waals surface area contributed by atoms with Crippen LogP contribution in [0.1, 0.15) is 6.23 Å². The summed E-state index contributed by atoms with van der Waals surface area (Å²) < 4.78 is 11.3. The zero-order chi connectivity index (χ0) is 13.3. The number of hydrogen-bond donors (Lipinski definition) is 4. The number of aromatic amines is 1. The molecule has 18 heavy (non-hydrogen) atoms. The van der Waals surface area contributed by atoms with E-state index in [1.807, 2.05) is 0 Å². The van der Waals surface area contributed by atoms with Gasteiger partial charge in [0.2, 0.25) is 6.20 Å². The summed E-state index contributed by atoms with van der Waals surface area (Å²) in [6.45, 7) is -0.421. The highest BCUT2D eigenvalue weighted by atomic mass is 16.6. The van der Waals surface area contributed by atoms with Gasteiger partial charge in [0, 0.05) is 0 Å². The van der Waals surface area contributed by atoms with E-state index in [0.717, 1.165) is 0 Å². The summed E-state index contributed by atoms with van der Waals surface area (Å²) in [7, 11) is 1.36. The van der Waals surface area contributed by atoms with Crippen molar-refractivity contribution in [3.8, 4) is 5.75 Å². The van der Waals surface area contributed by atoms with E-state index in [1.165, 1.54) is 24.1 Å². The predicted molar refractivity (Wildman–Crippen MR) is 56.8 cm³/mol. The molecule has 0 radical (unpaired) electrons. The average molecular weight is 259 g/mol. The molecule has 0 aliphatic carbocycles. The second kappa shape index (κ2) is 5.02. The molecule has 0 amide bonds. The largest absolute Gasteiger partial charge is 0.491 e. The van der Waals surface area contributed by atoms with Crippen molar-refractivity contribution in [2.45, 2.75) is 24.5 Å². The number of nitrogens with one attached hydrogen (secondary N) is 1. The number of H-pyrrole nitrogens is 1. The van der Waals surface area contributed by atoms with Crippen LogP contribution in [-0.4, -0.2) is 52.4 Å². The van der Waals surface area contributed by atoms with E-state index in [0.29, 0.717) is 0 Å². The molecule has 1 aromatic heterocycles. The van der Waals surface area contributed by atoms with Crippen LogP contribution in [0.25, 0.3) is 0 Å². The first-order valence-corrected chi connectivity index (χ1v) is 5.39. The molecule has 100 valence electrons. The SMILES string of the molecule is COc1cc[n+]([C@@H]2O[C@H](CO)[C@@H](O)[C@H]2O)[nH]c1=O. The van der Waals surface area contributed by atoms with Gasteiger partial charge in [-0.25, -0.2) is 0 Å². The molecule has 8 heteroatoms. The third-order valence-corrected chi connectivity index (χ3v) is 2.85. The summed E-state index contributed by atoms with van der Waals surface area (Å²) in [5.41, 5.74) is -0.488. The number of ether oxygens (including phenoxy) is 2. The second-order valence-electron chi connectivity index (χ2n) is 3.96. The minimum Gasteiger partial charge on any atom is -0.491 e. The lowest BCUT2D eigenvalue weighted by molar-refractivity contribution is -0.815. The van der Waals surface area contributed by atoms with Crippen molar-refractivity contribution >= 4 is 0 Å². The molecule has 1 fully saturated rings. The Hall–Kier alpha value is -1.48. The van der Waals surface area contributed by atoms with Gasteiger partial charge in [0.15, 0.2) is 11.9 Å². The highest BCUT2D eigenvalue weighted by molar-refractivity contribution is 5.11. The molecule has 0 aromatic carbocycles. The molecule has 0 bridgehead atoms. The Labute approximate surface area is 102 Å². The Kier molecular flexibility index (Phi) is 3.62. The third kappa shape index (κ3) is 2.10. The summed E-state index contributed by atoms with van der Waals surface area (Å²) in [6, 6.07) is 1.41. The molecule has 4 N–H and O–H groups in total. The Morgan fingerprint density at radius 1 is 1.50 bits per heavy atom. The number of hydrogen-bond acceptors (Lipinski definition) is 6. The van der Waals surface area contributed by atoms with Crippen LogP contribution >= 0.6 is 0 Å². The second-order valence-corrected chi connectivity index (χ2v) is 3.96. The van der Waals surface area contributed by atoms with E-state index in [-0.39, 0.29) is 5.75 Å². The van der Waals surface area contributed by atoms with Crippen molar-refractivity contribution in [1.82, 2.24) is 5.10 Å². The van der Waals surface area contributed by atoms with Gasteiger partial charge >= 0.3 is 11.8 Å². The molecule has 8 nitrogen and oxygen atoms in total. The van der Waals surface area contributed by atoms with Crippen molar-refractivity contribution in [3.05, 3.63) is 22.6 Å². The van der Waals surface area contributed by atoms with Crippen molar-refractivity contribution in [1.29, 1.82) is 0 Å². The zero-order valence-corrected chi connectivity index (χ0v) is 9.68. The number of aliphatic hydroxyl groups is 3. The maximum Gasteiger partial charge on any atom is 0.340 e. The fourth-order valence-electron chi connectivity index (χ4n) is 1.85. The lowest BCUT2D eigenvalue weighted by Crippen LogP contribution is -2.51. The van der Waals surface area contributed by atoms with E-state index < -0.39 is 36.7 Å². The van der Waals surface area contributed by atoms with Gasteiger partial charge in [-0.05, 0) is 0 Å². The fraction of sp³-hybridized carbons (Fsp3) is 0.600. The minimum absolute atomic E-state index is 0.123. The van der Waals surface area contributed by atoms with E-state index >= 15 is 0 Å². The van der Waals surface area contributed by atoms with Crippen molar-refractivity contribution in [2.75, 3.05) is 13.7 Å². The molecular formula is C10H15N2O6+. The number of nitrogens with zero attached hydrogens (tertiary/aromatic N) is 1. The molecule has 0 saturated carbocycles. The normalized spacial score (nSPS) is 31.6. The first-order chi connectivity index (χ1) is 8.58. The standard InChI is InChI=1S/C10H14N2O6/c1-17-5-2-3-12(11-9(5)16)10-8(15)7(14)6(4-13)18-10/h2-3,6-8,10,13-15H,4H2,1H3/p+1/t6-,7-,8-,10-/m1/s1. The van der Waals surface area contributed by atoms with Crippen LogP contribution in [0.4, 0.5) is 0 Å². The van der Waals surface area contributed by atoms with E-state index in [9.17, 15) is 15.0 Å². The average Bonchev–Trinajstić information content (AvgIpc) is 2.66. The van der Waals surface area contributed by atoms with Gasteiger partial charge in [-0.2, -0.15) is 0 Å². The number of rotatable bonds is 3. The summed E-state index contributed by atoms with van der Waals surface area (Å²) in [5.74, 6) is 0.123. The topological polar surface area (TPSA) is 116 Å². The summed E-state index contributed by atoms with van der Waals surface area (Å²) in [4.78, 5) is 11.5. The Morgan fingerprint density at radius 2 is 2.22 bits per heavy atom. The van der Waals surface area contributed by atoms with E-state index in [2.05, 4.69) is 5.10 Å². The van der Waals surface area contributed by atoms with E-state index in [1.54, 1.807) is 0 Å². The van der Waals surface area contributed by atoms with Crippen molar-refractivity contribution < 1.29 is 29.5 Å². The van der Waals surface area contributed by atoms with Gasteiger partial charge in [0.25, 0.3) is 0 Å². The Bertz CT molecular complexity index is 476. The van der Waals surface area contributed by atoms with Crippen molar-refractivity contribution in [3.63, 3.8) is 0 Å². The minimum atomic E-state index is -1.24. The van der Waals surface area contributed by atoms with Gasteiger partial charge in [-0.1, -0.05) is 4.68 Å². The Balaban J connectivity index is 2.27. The van der Waals surface area contributed by atoms with E-state index in [4.69, 9.17) is 14.6 Å². The third-order valence-electron chi connectivity index (χ3n) is 2.85. The van der Waals surface area contributed by atoms with Gasteiger partial charge in [-0.15, -0.1) is 5.10 Å². The number of aliphatic hydroxyl groups excluding tert-OH is 3. The molecule has 0 unspecified atom stereocenters. The smallest absolute Gasteiger partial charge is 0.340 e. The maximum atomic E-state index is 11.5. The molecule has 0 spiro atoms. The van der Waals surface area contributed by atoms with Gasteiger partial charge in [-0.3, -0.25) is 4.79 Å². The van der Waals surface area contributed by atoms with Crippen LogP contribution < -0.4 is 15.0 Å². The summed E-state index contributed by atoms with van der Waals surface area (Å²) in [5, 5.41) is 30.7. The van der Waals surface area contributed by atoms with Crippen LogP contribution in [0.15, 0.2) is 17.1 Å². The molecule has 2 heterocycles. The van der Waals surface area contributed by atoms with Gasteiger partial charge in [0.1, 0.15) is 12.2 Å². The van der Waals surface area contributed by atoms with Crippen LogP contribution in [0.2, 0.25) is 0 Å². The lowest BCUT2D eigenvalue weighted by Gasteiger charge is -2.09. The summed E-state index contributed by atoms with van der Waals surface area (Å²) in [6.07, 6.45) is -2.85. The predicted octanol–water partition coefficient (Wildman–Crippen LogP) is -2.72. The maximum absolute atomic E-state index is 11.5. The fourth-order valence-corrected chi connectivity index (χ4v) is 1.85. The lowest BCUT2D eigenvalue weighted by atomic mass is 10.1. The van der Waals surface area contributed by atoms with Crippen LogP contribution in [0, 0.1) is 0 Å². The van der Waals surface area contributed by atoms with Gasteiger partial charge in [0.05, 0.1) is 19.8 Å². The molecule has 1 aromatic rings. The van der Waals surface area contributed by atoms with Crippen LogP contribution in [-0.2, 0) is 4.74 Å². The van der Waals surface area contributed by atoms with Crippen LogP contribution in [0.5, 0.6) is 5.75 Å². The number of aromatic nitrogens is 2. The molecule has 4 atom stereocenters. The highest BCUT2D eigenvalue weighted by Crippen LogP contribution is 2.24. The quantitative estimate of drug-likeness (QED) is 0.438. The highest BCUT2D eigenvalue weighted by Gasteiger charge is 2.48. The molecular weight excluding hydrogens is 244 g/mol. The molecule has 1 aliphatic heterocycles. The van der Waals surface area contributed by atoms with Crippen LogP contribution in [0.3, 0.4) is 0 Å². The first-order valence-electron chi connectivity index (χ1n) is 5.39. The number of methoxy groups -OCH3 is 1. The zero-order valence-electron chi connectivity index (χ0n) is 9.68. The monoisotopic (exact) mass is 259 g/mol. The Morgan fingerprint density at radius 3 is 2.72 bits per heavy atom. The first kappa shape index (κ1) is 13.0. The van der Waals surface area contributed by atoms with Gasteiger partial charge < -0.3 is 24.8 Å². The van der Waals surface area contributed by atoms with Crippen molar-refractivity contribution in [2.24, 2.45) is 0 Å². The molecule has 1 aliphatic rings.